The molecule has 27 heavy (non-hydrogen) atoms. The average molecular weight is 370 g/mol. The molecule has 3 aliphatic heterocycles. The standard InChI is InChI=1S/C20H26N4O3/c1-2-20(11-22-12-20)10-21-8-13-4-3-5-14-15(13)9-24(19(14)27)16-6-7-17(25)23-18(16)26/h3-5,16,21-22H,2,6-12H2,1H3,(H,23,25,26). The van der Waals surface area contributed by atoms with Crippen molar-refractivity contribution < 1.29 is 14.4 Å². The van der Waals surface area contributed by atoms with Crippen LogP contribution < -0.4 is 16.0 Å². The summed E-state index contributed by atoms with van der Waals surface area (Å²) in [5.74, 6) is -0.746. The van der Waals surface area contributed by atoms with Crippen LogP contribution in [-0.4, -0.2) is 48.3 Å². The van der Waals surface area contributed by atoms with Gasteiger partial charge in [0.2, 0.25) is 11.8 Å². The molecular formula is C20H26N4O3. The molecule has 7 nitrogen and oxygen atoms in total. The predicted octanol–water partition coefficient (Wildman–Crippen LogP) is 0.537. The van der Waals surface area contributed by atoms with E-state index >= 15 is 0 Å². The van der Waals surface area contributed by atoms with Gasteiger partial charge in [-0.25, -0.2) is 0 Å². The first-order chi connectivity index (χ1) is 13.0. The highest BCUT2D eigenvalue weighted by Crippen LogP contribution is 2.30. The molecule has 0 bridgehead atoms. The molecule has 4 rings (SSSR count). The lowest BCUT2D eigenvalue weighted by Gasteiger charge is -2.42. The summed E-state index contributed by atoms with van der Waals surface area (Å²) in [5.41, 5.74) is 3.12. The van der Waals surface area contributed by atoms with Crippen molar-refractivity contribution in [3.05, 3.63) is 34.9 Å². The van der Waals surface area contributed by atoms with Crippen LogP contribution in [0.4, 0.5) is 0 Å². The Hall–Kier alpha value is -2.25. The maximum Gasteiger partial charge on any atom is 0.255 e. The predicted molar refractivity (Wildman–Crippen MR) is 99.8 cm³/mol. The molecule has 0 aromatic heterocycles. The van der Waals surface area contributed by atoms with Gasteiger partial charge in [0.25, 0.3) is 5.91 Å². The van der Waals surface area contributed by atoms with Crippen LogP contribution in [-0.2, 0) is 22.7 Å². The number of piperidine rings is 1. The monoisotopic (exact) mass is 370 g/mol. The molecule has 144 valence electrons. The minimum atomic E-state index is -0.562. The van der Waals surface area contributed by atoms with Crippen molar-refractivity contribution >= 4 is 17.7 Å². The van der Waals surface area contributed by atoms with Crippen LogP contribution in [0.1, 0.15) is 47.7 Å². The summed E-state index contributed by atoms with van der Waals surface area (Å²) in [7, 11) is 0. The number of nitrogens with zero attached hydrogens (tertiary/aromatic N) is 1. The highest BCUT2D eigenvalue weighted by molar-refractivity contribution is 6.05. The number of amides is 3. The van der Waals surface area contributed by atoms with E-state index in [1.54, 1.807) is 4.90 Å². The molecule has 3 N–H and O–H groups in total. The fourth-order valence-electron chi connectivity index (χ4n) is 4.26. The maximum absolute atomic E-state index is 12.8. The molecule has 2 fully saturated rings. The Morgan fingerprint density at radius 1 is 1.26 bits per heavy atom. The first kappa shape index (κ1) is 18.1. The van der Waals surface area contributed by atoms with Gasteiger partial charge in [0, 0.05) is 50.1 Å². The molecule has 1 unspecified atom stereocenters. The molecule has 7 heteroatoms. The van der Waals surface area contributed by atoms with Gasteiger partial charge in [-0.2, -0.15) is 0 Å². The van der Waals surface area contributed by atoms with Crippen molar-refractivity contribution in [3.63, 3.8) is 0 Å². The smallest absolute Gasteiger partial charge is 0.255 e. The van der Waals surface area contributed by atoms with Gasteiger partial charge in [-0.3, -0.25) is 19.7 Å². The summed E-state index contributed by atoms with van der Waals surface area (Å²) < 4.78 is 0. The maximum atomic E-state index is 12.8. The number of carbonyl (C=O) groups is 3. The number of hydrogen-bond donors (Lipinski definition) is 3. The minimum Gasteiger partial charge on any atom is -0.322 e. The highest BCUT2D eigenvalue weighted by Gasteiger charge is 2.40. The third-order valence-electron chi connectivity index (χ3n) is 6.24. The normalized spacial score (nSPS) is 23.8. The molecule has 1 aromatic carbocycles. The summed E-state index contributed by atoms with van der Waals surface area (Å²) in [4.78, 5) is 38.0. The zero-order valence-electron chi connectivity index (χ0n) is 15.6. The molecule has 1 atom stereocenters. The lowest BCUT2D eigenvalue weighted by atomic mass is 9.79. The van der Waals surface area contributed by atoms with E-state index in [4.69, 9.17) is 0 Å². The van der Waals surface area contributed by atoms with Gasteiger partial charge in [0.05, 0.1) is 0 Å². The second-order valence-corrected chi connectivity index (χ2v) is 7.90. The first-order valence-corrected chi connectivity index (χ1v) is 9.70. The number of imide groups is 1. The summed E-state index contributed by atoms with van der Waals surface area (Å²) in [5, 5.41) is 9.25. The van der Waals surface area contributed by atoms with Gasteiger partial charge in [-0.05, 0) is 30.0 Å². The SMILES string of the molecule is CCC1(CNCc2cccc3c2CN(C2CCC(=O)NC2=O)C3=O)CNC1. The largest absolute Gasteiger partial charge is 0.322 e. The van der Waals surface area contributed by atoms with Crippen LogP contribution in [0, 0.1) is 5.41 Å². The van der Waals surface area contributed by atoms with Gasteiger partial charge in [-0.15, -0.1) is 0 Å². The fraction of sp³-hybridized carbons (Fsp3) is 0.550. The van der Waals surface area contributed by atoms with E-state index in [9.17, 15) is 14.4 Å². The van der Waals surface area contributed by atoms with Crippen LogP contribution in [0.3, 0.4) is 0 Å². The van der Waals surface area contributed by atoms with Crippen LogP contribution in [0.2, 0.25) is 0 Å². The van der Waals surface area contributed by atoms with E-state index in [-0.39, 0.29) is 24.1 Å². The van der Waals surface area contributed by atoms with Crippen LogP contribution in [0.5, 0.6) is 0 Å². The molecular weight excluding hydrogens is 344 g/mol. The van der Waals surface area contributed by atoms with Crippen molar-refractivity contribution in [2.75, 3.05) is 19.6 Å². The first-order valence-electron chi connectivity index (χ1n) is 9.70. The Morgan fingerprint density at radius 3 is 2.74 bits per heavy atom. The van der Waals surface area contributed by atoms with Gasteiger partial charge in [-0.1, -0.05) is 19.1 Å². The highest BCUT2D eigenvalue weighted by atomic mass is 16.2. The molecule has 0 spiro atoms. The summed E-state index contributed by atoms with van der Waals surface area (Å²) >= 11 is 0. The quantitative estimate of drug-likeness (QED) is 0.636. The topological polar surface area (TPSA) is 90.5 Å². The Bertz CT molecular complexity index is 782. The molecule has 0 radical (unpaired) electrons. The number of carbonyl (C=O) groups excluding carboxylic acids is 3. The fourth-order valence-corrected chi connectivity index (χ4v) is 4.26. The van der Waals surface area contributed by atoms with Gasteiger partial charge in [0.1, 0.15) is 6.04 Å². The average Bonchev–Trinajstić information content (AvgIpc) is 2.95. The lowest BCUT2D eigenvalue weighted by Crippen LogP contribution is -2.57. The third kappa shape index (κ3) is 3.26. The van der Waals surface area contributed by atoms with Crippen molar-refractivity contribution in [2.45, 2.75) is 45.3 Å². The van der Waals surface area contributed by atoms with E-state index < -0.39 is 6.04 Å². The zero-order valence-corrected chi connectivity index (χ0v) is 15.6. The van der Waals surface area contributed by atoms with E-state index in [0.717, 1.165) is 37.2 Å². The van der Waals surface area contributed by atoms with Crippen molar-refractivity contribution in [3.8, 4) is 0 Å². The summed E-state index contributed by atoms with van der Waals surface area (Å²) in [6, 6.07) is 5.22. The molecule has 2 saturated heterocycles. The summed E-state index contributed by atoms with van der Waals surface area (Å²) in [6.07, 6.45) is 1.81. The van der Waals surface area contributed by atoms with Crippen LogP contribution in [0.15, 0.2) is 18.2 Å². The number of nitrogens with one attached hydrogen (secondary N) is 3. The molecule has 0 aliphatic carbocycles. The Kier molecular flexibility index (Phi) is 4.74. The summed E-state index contributed by atoms with van der Waals surface area (Å²) in [6.45, 7) is 6.40. The minimum absolute atomic E-state index is 0.116. The van der Waals surface area contributed by atoms with Gasteiger partial charge in [0.15, 0.2) is 0 Å². The molecule has 3 amide bonds. The lowest BCUT2D eigenvalue weighted by molar-refractivity contribution is -0.136. The molecule has 3 heterocycles. The van der Waals surface area contributed by atoms with Gasteiger partial charge >= 0.3 is 0 Å². The van der Waals surface area contributed by atoms with E-state index in [1.165, 1.54) is 0 Å². The second-order valence-electron chi connectivity index (χ2n) is 7.90. The Morgan fingerprint density at radius 2 is 2.07 bits per heavy atom. The zero-order chi connectivity index (χ0) is 19.0. The van der Waals surface area contributed by atoms with Crippen molar-refractivity contribution in [1.82, 2.24) is 20.9 Å². The number of fused-ring (bicyclic) bond motifs is 1. The van der Waals surface area contributed by atoms with Crippen molar-refractivity contribution in [1.29, 1.82) is 0 Å². The third-order valence-corrected chi connectivity index (χ3v) is 6.24. The second kappa shape index (κ2) is 7.05. The number of benzene rings is 1. The van der Waals surface area contributed by atoms with Crippen molar-refractivity contribution in [2.24, 2.45) is 5.41 Å². The molecule has 3 aliphatic rings. The Balaban J connectivity index is 1.46. The number of rotatable bonds is 6. The van der Waals surface area contributed by atoms with Crippen LogP contribution >= 0.6 is 0 Å². The Labute approximate surface area is 158 Å². The van der Waals surface area contributed by atoms with Crippen LogP contribution in [0.25, 0.3) is 0 Å². The van der Waals surface area contributed by atoms with Gasteiger partial charge < -0.3 is 15.5 Å². The number of hydrogen-bond acceptors (Lipinski definition) is 5. The van der Waals surface area contributed by atoms with E-state index in [0.29, 0.717) is 30.5 Å². The van der Waals surface area contributed by atoms with E-state index in [1.807, 2.05) is 18.2 Å². The molecule has 0 saturated carbocycles. The molecule has 1 aromatic rings. The van der Waals surface area contributed by atoms with E-state index in [2.05, 4.69) is 22.9 Å².